The van der Waals surface area contributed by atoms with Crippen molar-refractivity contribution in [1.82, 2.24) is 19.3 Å². The topological polar surface area (TPSA) is 137 Å². The lowest BCUT2D eigenvalue weighted by Gasteiger charge is -2.12. The van der Waals surface area contributed by atoms with Crippen molar-refractivity contribution in [2.24, 2.45) is 0 Å². The average molecular weight is 781 g/mol. The summed E-state index contributed by atoms with van der Waals surface area (Å²) in [4.78, 5) is 28.3. The lowest BCUT2D eigenvalue weighted by Crippen LogP contribution is -2.25. The van der Waals surface area contributed by atoms with Crippen molar-refractivity contribution in [3.63, 3.8) is 0 Å². The zero-order chi connectivity index (χ0) is 37.8. The number of nitrogens with one attached hydrogen (secondary N) is 2. The fraction of sp³-hybridized carbons (Fsp3) is 0.133. The molecule has 1 amide bonds. The van der Waals surface area contributed by atoms with Crippen molar-refractivity contribution in [3.8, 4) is 17.3 Å². The lowest BCUT2D eigenvalue weighted by atomic mass is 10.2. The third-order valence-electron chi connectivity index (χ3n) is 6.31. The first-order chi connectivity index (χ1) is 23.7. The maximum atomic E-state index is 13.7. The Morgan fingerprint density at radius 3 is 2.27 bits per heavy atom. The highest BCUT2D eigenvalue weighted by Crippen LogP contribution is 2.34. The number of alkyl halides is 5. The van der Waals surface area contributed by atoms with Gasteiger partial charge in [0.2, 0.25) is 15.9 Å². The molecular formula is C30H21Cl2F7N6O5S. The van der Waals surface area contributed by atoms with E-state index in [0.29, 0.717) is 10.7 Å². The van der Waals surface area contributed by atoms with Crippen molar-refractivity contribution < 1.29 is 48.7 Å². The summed E-state index contributed by atoms with van der Waals surface area (Å²) in [5.41, 5.74) is -2.63. The number of carbonyl (C=O) groups is 1. The molecule has 0 radical (unpaired) electrons. The van der Waals surface area contributed by atoms with Crippen LogP contribution in [0.15, 0.2) is 77.7 Å². The van der Waals surface area contributed by atoms with Crippen LogP contribution in [0, 0.1) is 18.6 Å². The number of rotatable bonds is 8. The molecular weight excluding hydrogens is 760 g/mol. The van der Waals surface area contributed by atoms with Crippen LogP contribution in [0.1, 0.15) is 28.3 Å². The summed E-state index contributed by atoms with van der Waals surface area (Å²) >= 11 is 11.8. The second-order valence-electron chi connectivity index (χ2n) is 10.1. The van der Waals surface area contributed by atoms with Gasteiger partial charge in [0, 0.05) is 12.3 Å². The van der Waals surface area contributed by atoms with Crippen LogP contribution in [0.4, 0.5) is 42.1 Å². The summed E-state index contributed by atoms with van der Waals surface area (Å²) in [5.74, 6) is -3.32. The number of anilines is 2. The molecule has 5 rings (SSSR count). The minimum absolute atomic E-state index is 0.0257. The van der Waals surface area contributed by atoms with Crippen LogP contribution >= 0.6 is 23.2 Å². The van der Waals surface area contributed by atoms with Crippen molar-refractivity contribution in [3.05, 3.63) is 122 Å². The molecule has 0 fully saturated rings. The van der Waals surface area contributed by atoms with Crippen molar-refractivity contribution in [1.29, 1.82) is 0 Å². The molecule has 5 aromatic rings. The number of aryl methyl sites for hydroxylation is 1. The monoisotopic (exact) mass is 780 g/mol. The van der Waals surface area contributed by atoms with E-state index in [1.165, 1.54) is 37.4 Å². The first kappa shape index (κ1) is 38.7. The average Bonchev–Trinajstić information content (AvgIpc) is 3.32. The number of carbonyl (C=O) groups excluding carboxylic acids is 1. The maximum absolute atomic E-state index is 13.7. The summed E-state index contributed by atoms with van der Waals surface area (Å²) in [6, 6.07) is 11.6. The highest BCUT2D eigenvalue weighted by Gasteiger charge is 2.31. The number of amides is 1. The van der Waals surface area contributed by atoms with Gasteiger partial charge in [0.1, 0.15) is 28.8 Å². The van der Waals surface area contributed by atoms with Gasteiger partial charge < -0.3 is 10.1 Å². The molecule has 0 aliphatic heterocycles. The molecule has 0 saturated heterocycles. The van der Waals surface area contributed by atoms with Crippen molar-refractivity contribution in [2.75, 3.05) is 16.3 Å². The molecule has 2 heterocycles. The summed E-state index contributed by atoms with van der Waals surface area (Å²) in [6.07, 6.45) is -2.39. The predicted molar refractivity (Wildman–Crippen MR) is 172 cm³/mol. The molecule has 0 aliphatic carbocycles. The zero-order valence-corrected chi connectivity index (χ0v) is 28.0. The number of aromatic nitrogens is 4. The number of hydrogen-bond donors (Lipinski definition) is 2. The first-order valence-corrected chi connectivity index (χ1v) is 16.4. The molecule has 0 atom stereocenters. The van der Waals surface area contributed by atoms with Crippen LogP contribution in [-0.2, 0) is 16.2 Å². The predicted octanol–water partition coefficient (Wildman–Crippen LogP) is 7.84. The standard InChI is InChI=1S/C19H11F5N2O2.C11H10Cl2F2N4O3S/c20-12-6-7-16(15(21)10-12)26-17(27)14-5-2-8-25-18(14)28-13-4-1-3-11(9-13)19(22,23)24;1-5-16-19(11(20)18(5)10(14)15)9-4-8(17-23(2,21)22)6(12)3-7(9)13/h1-10H,(H,26,27);3-4,10,17H,1-2H3. The molecule has 0 spiro atoms. The molecule has 2 N–H and O–H groups in total. The Bertz CT molecular complexity index is 2270. The van der Waals surface area contributed by atoms with E-state index in [-0.39, 0.29) is 54.7 Å². The smallest absolute Gasteiger partial charge is 0.416 e. The van der Waals surface area contributed by atoms with Crippen LogP contribution in [0.3, 0.4) is 0 Å². The number of halogens is 9. The van der Waals surface area contributed by atoms with Gasteiger partial charge >= 0.3 is 18.4 Å². The Morgan fingerprint density at radius 1 is 0.961 bits per heavy atom. The highest BCUT2D eigenvalue weighted by molar-refractivity contribution is 7.92. The second kappa shape index (κ2) is 15.4. The second-order valence-corrected chi connectivity index (χ2v) is 12.7. The van der Waals surface area contributed by atoms with Crippen LogP contribution in [0.5, 0.6) is 11.6 Å². The van der Waals surface area contributed by atoms with Gasteiger partial charge in [0.05, 0.1) is 38.9 Å². The van der Waals surface area contributed by atoms with E-state index in [2.05, 4.69) is 20.1 Å². The molecule has 0 saturated carbocycles. The minimum atomic E-state index is -4.57. The van der Waals surface area contributed by atoms with E-state index in [1.54, 1.807) is 0 Å². The Hall–Kier alpha value is -5.14. The molecule has 2 aromatic heterocycles. The van der Waals surface area contributed by atoms with Gasteiger partial charge in [-0.1, -0.05) is 29.3 Å². The molecule has 0 bridgehead atoms. The van der Waals surface area contributed by atoms with Gasteiger partial charge in [0.15, 0.2) is 0 Å². The van der Waals surface area contributed by atoms with Crippen molar-refractivity contribution >= 4 is 50.5 Å². The Morgan fingerprint density at radius 2 is 1.67 bits per heavy atom. The first-order valence-electron chi connectivity index (χ1n) is 13.7. The number of nitrogens with zero attached hydrogens (tertiary/aromatic N) is 4. The molecule has 11 nitrogen and oxygen atoms in total. The molecule has 270 valence electrons. The van der Waals surface area contributed by atoms with Gasteiger partial charge in [-0.2, -0.15) is 26.6 Å². The third-order valence-corrected chi connectivity index (χ3v) is 7.51. The Labute approximate surface area is 293 Å². The minimum Gasteiger partial charge on any atom is -0.438 e. The third kappa shape index (κ3) is 9.77. The summed E-state index contributed by atoms with van der Waals surface area (Å²) in [7, 11) is -3.65. The van der Waals surface area contributed by atoms with Gasteiger partial charge in [-0.25, -0.2) is 31.5 Å². The van der Waals surface area contributed by atoms with Crippen molar-refractivity contribution in [2.45, 2.75) is 19.6 Å². The van der Waals surface area contributed by atoms with E-state index in [1.807, 2.05) is 0 Å². The SMILES string of the molecule is Cc1nn(-c2cc(NS(C)(=O)=O)c(Cl)cc2Cl)c(=O)n1C(F)F.O=C(Nc1ccc(F)cc1F)c1cccnc1Oc1cccc(C(F)(F)F)c1. The number of sulfonamides is 1. The summed E-state index contributed by atoms with van der Waals surface area (Å²) in [5, 5.41) is 5.86. The van der Waals surface area contributed by atoms with E-state index in [0.717, 1.165) is 42.7 Å². The van der Waals surface area contributed by atoms with Crippen LogP contribution in [0.25, 0.3) is 5.69 Å². The highest BCUT2D eigenvalue weighted by atomic mass is 35.5. The van der Waals surface area contributed by atoms with Gasteiger partial charge in [-0.15, -0.1) is 5.10 Å². The molecule has 21 heteroatoms. The van der Waals surface area contributed by atoms with Crippen LogP contribution in [-0.4, -0.2) is 39.9 Å². The Kier molecular flexibility index (Phi) is 11.7. The normalized spacial score (nSPS) is 11.5. The van der Waals surface area contributed by atoms with E-state index < -0.39 is 51.5 Å². The molecule has 0 unspecified atom stereocenters. The quantitative estimate of drug-likeness (QED) is 0.153. The van der Waals surface area contributed by atoms with Gasteiger partial charge in [-0.3, -0.25) is 9.52 Å². The fourth-order valence-corrected chi connectivity index (χ4v) is 5.24. The Balaban J connectivity index is 0.000000233. The molecule has 51 heavy (non-hydrogen) atoms. The number of benzene rings is 3. The summed E-state index contributed by atoms with van der Waals surface area (Å²) in [6.45, 7) is -1.85. The lowest BCUT2D eigenvalue weighted by molar-refractivity contribution is -0.137. The van der Waals surface area contributed by atoms with E-state index in [4.69, 9.17) is 27.9 Å². The van der Waals surface area contributed by atoms with E-state index in [9.17, 15) is 48.7 Å². The number of ether oxygens (including phenoxy) is 1. The maximum Gasteiger partial charge on any atom is 0.416 e. The largest absolute Gasteiger partial charge is 0.438 e. The van der Waals surface area contributed by atoms with Crippen LogP contribution < -0.4 is 20.5 Å². The number of pyridine rings is 1. The van der Waals surface area contributed by atoms with Gasteiger partial charge in [-0.05, 0) is 61.5 Å². The van der Waals surface area contributed by atoms with Gasteiger partial charge in [0.25, 0.3) is 5.91 Å². The van der Waals surface area contributed by atoms with E-state index >= 15 is 0 Å². The summed E-state index contributed by atoms with van der Waals surface area (Å²) < 4.78 is 122. The number of hydrogen-bond acceptors (Lipinski definition) is 7. The van der Waals surface area contributed by atoms with Crippen LogP contribution in [0.2, 0.25) is 10.0 Å². The fourth-order valence-electron chi connectivity index (χ4n) is 4.11. The molecule has 3 aromatic carbocycles. The zero-order valence-electron chi connectivity index (χ0n) is 25.6. The molecule has 0 aliphatic rings.